The van der Waals surface area contributed by atoms with E-state index in [9.17, 15) is 13.2 Å². The molecule has 2 nitrogen and oxygen atoms in total. The second kappa shape index (κ2) is 5.74. The SMILES string of the molecule is CC1CCCC(Nc2ccc(C#N)cc2C(F)(F)F)C1. The van der Waals surface area contributed by atoms with Crippen LogP contribution in [-0.4, -0.2) is 6.04 Å². The van der Waals surface area contributed by atoms with Gasteiger partial charge in [0.25, 0.3) is 0 Å². The van der Waals surface area contributed by atoms with Crippen molar-refractivity contribution in [1.29, 1.82) is 5.26 Å². The molecule has 20 heavy (non-hydrogen) atoms. The van der Waals surface area contributed by atoms with Crippen LogP contribution in [0.15, 0.2) is 18.2 Å². The van der Waals surface area contributed by atoms with Crippen molar-refractivity contribution in [1.82, 2.24) is 0 Å². The zero-order valence-electron chi connectivity index (χ0n) is 11.3. The molecule has 0 radical (unpaired) electrons. The lowest BCUT2D eigenvalue weighted by Crippen LogP contribution is -2.27. The number of anilines is 1. The van der Waals surface area contributed by atoms with Gasteiger partial charge in [-0.15, -0.1) is 0 Å². The van der Waals surface area contributed by atoms with Crippen molar-refractivity contribution >= 4 is 5.69 Å². The largest absolute Gasteiger partial charge is 0.418 e. The Morgan fingerprint density at radius 1 is 1.30 bits per heavy atom. The van der Waals surface area contributed by atoms with E-state index in [4.69, 9.17) is 5.26 Å². The van der Waals surface area contributed by atoms with Crippen LogP contribution in [0.1, 0.15) is 43.7 Å². The number of nitriles is 1. The standard InChI is InChI=1S/C15H17F3N2/c1-10-3-2-4-12(7-10)20-14-6-5-11(9-19)8-13(14)15(16,17)18/h5-6,8,10,12,20H,2-4,7H2,1H3. The van der Waals surface area contributed by atoms with Crippen LogP contribution in [0.4, 0.5) is 18.9 Å². The second-order valence-electron chi connectivity index (χ2n) is 5.48. The average molecular weight is 282 g/mol. The van der Waals surface area contributed by atoms with E-state index in [0.29, 0.717) is 5.92 Å². The highest BCUT2D eigenvalue weighted by molar-refractivity contribution is 5.56. The Morgan fingerprint density at radius 3 is 2.65 bits per heavy atom. The van der Waals surface area contributed by atoms with Gasteiger partial charge in [0.2, 0.25) is 0 Å². The molecule has 2 rings (SSSR count). The first-order valence-electron chi connectivity index (χ1n) is 6.78. The van der Waals surface area contributed by atoms with E-state index in [-0.39, 0.29) is 17.3 Å². The molecule has 0 spiro atoms. The number of alkyl halides is 3. The maximum Gasteiger partial charge on any atom is 0.418 e. The first kappa shape index (κ1) is 14.7. The maximum atomic E-state index is 13.0. The van der Waals surface area contributed by atoms with Crippen LogP contribution in [0.3, 0.4) is 0 Å². The number of rotatable bonds is 2. The van der Waals surface area contributed by atoms with Crippen molar-refractivity contribution in [2.45, 2.75) is 44.8 Å². The van der Waals surface area contributed by atoms with Gasteiger partial charge in [-0.1, -0.05) is 19.8 Å². The molecular formula is C15H17F3N2. The van der Waals surface area contributed by atoms with Crippen molar-refractivity contribution in [3.05, 3.63) is 29.3 Å². The summed E-state index contributed by atoms with van der Waals surface area (Å²) in [5.41, 5.74) is -0.648. The van der Waals surface area contributed by atoms with Crippen molar-refractivity contribution in [3.8, 4) is 6.07 Å². The van der Waals surface area contributed by atoms with Crippen molar-refractivity contribution in [2.24, 2.45) is 5.92 Å². The van der Waals surface area contributed by atoms with E-state index >= 15 is 0 Å². The third kappa shape index (κ3) is 3.44. The summed E-state index contributed by atoms with van der Waals surface area (Å²) in [4.78, 5) is 0. The molecule has 2 atom stereocenters. The van der Waals surface area contributed by atoms with Gasteiger partial charge in [-0.05, 0) is 37.0 Å². The van der Waals surface area contributed by atoms with Gasteiger partial charge in [-0.25, -0.2) is 0 Å². The van der Waals surface area contributed by atoms with Gasteiger partial charge >= 0.3 is 6.18 Å². The Hall–Kier alpha value is -1.70. The third-order valence-corrected chi connectivity index (χ3v) is 3.75. The highest BCUT2D eigenvalue weighted by Gasteiger charge is 2.34. The molecule has 1 fully saturated rings. The van der Waals surface area contributed by atoms with Crippen LogP contribution >= 0.6 is 0 Å². The predicted octanol–water partition coefficient (Wildman–Crippen LogP) is 4.57. The van der Waals surface area contributed by atoms with Crippen molar-refractivity contribution < 1.29 is 13.2 Å². The molecule has 5 heteroatoms. The molecule has 2 unspecified atom stereocenters. The lowest BCUT2D eigenvalue weighted by molar-refractivity contribution is -0.137. The smallest absolute Gasteiger partial charge is 0.382 e. The second-order valence-corrected chi connectivity index (χ2v) is 5.48. The van der Waals surface area contributed by atoms with Crippen molar-refractivity contribution in [3.63, 3.8) is 0 Å². The highest BCUT2D eigenvalue weighted by Crippen LogP contribution is 2.37. The van der Waals surface area contributed by atoms with E-state index in [1.165, 1.54) is 12.1 Å². The first-order chi connectivity index (χ1) is 9.40. The molecule has 1 aromatic carbocycles. The zero-order valence-corrected chi connectivity index (χ0v) is 11.3. The number of benzene rings is 1. The minimum Gasteiger partial charge on any atom is -0.382 e. The van der Waals surface area contributed by atoms with Gasteiger partial charge in [0.15, 0.2) is 0 Å². The molecule has 0 bridgehead atoms. The molecule has 1 N–H and O–H groups in total. The number of hydrogen-bond acceptors (Lipinski definition) is 2. The molecule has 1 aromatic rings. The van der Waals surface area contributed by atoms with Gasteiger partial charge in [-0.2, -0.15) is 18.4 Å². The van der Waals surface area contributed by atoms with E-state index in [2.05, 4.69) is 12.2 Å². The first-order valence-corrected chi connectivity index (χ1v) is 6.78. The number of hydrogen-bond donors (Lipinski definition) is 1. The predicted molar refractivity (Wildman–Crippen MR) is 71.2 cm³/mol. The normalized spacial score (nSPS) is 23.1. The maximum absolute atomic E-state index is 13.0. The Bertz CT molecular complexity index is 517. The Balaban J connectivity index is 2.25. The Morgan fingerprint density at radius 2 is 2.05 bits per heavy atom. The van der Waals surface area contributed by atoms with Gasteiger partial charge in [0.1, 0.15) is 0 Å². The summed E-state index contributed by atoms with van der Waals surface area (Å²) >= 11 is 0. The summed E-state index contributed by atoms with van der Waals surface area (Å²) in [7, 11) is 0. The van der Waals surface area contributed by atoms with Crippen LogP contribution in [0.2, 0.25) is 0 Å². The van der Waals surface area contributed by atoms with E-state index in [1.807, 2.05) is 0 Å². The summed E-state index contributed by atoms with van der Waals surface area (Å²) in [6, 6.07) is 5.52. The molecular weight excluding hydrogens is 265 g/mol. The minimum absolute atomic E-state index is 0.0277. The van der Waals surface area contributed by atoms with Gasteiger partial charge in [0, 0.05) is 11.7 Å². The molecule has 0 aromatic heterocycles. The number of nitrogens with zero attached hydrogens (tertiary/aromatic N) is 1. The summed E-state index contributed by atoms with van der Waals surface area (Å²) < 4.78 is 39.1. The lowest BCUT2D eigenvalue weighted by Gasteiger charge is -2.29. The summed E-state index contributed by atoms with van der Waals surface area (Å²) in [6.07, 6.45) is -0.497. The minimum atomic E-state index is -4.45. The average Bonchev–Trinajstić information content (AvgIpc) is 2.38. The van der Waals surface area contributed by atoms with Crippen LogP contribution in [0, 0.1) is 17.2 Å². The fourth-order valence-corrected chi connectivity index (χ4v) is 2.76. The van der Waals surface area contributed by atoms with E-state index in [1.54, 1.807) is 6.07 Å². The molecule has 0 heterocycles. The number of nitrogens with one attached hydrogen (secondary N) is 1. The molecule has 1 aliphatic carbocycles. The van der Waals surface area contributed by atoms with Gasteiger partial charge in [0.05, 0.1) is 17.2 Å². The Kier molecular flexibility index (Phi) is 4.22. The zero-order chi connectivity index (χ0) is 14.8. The molecule has 0 amide bonds. The topological polar surface area (TPSA) is 35.8 Å². The fourth-order valence-electron chi connectivity index (χ4n) is 2.76. The highest BCUT2D eigenvalue weighted by atomic mass is 19.4. The lowest BCUT2D eigenvalue weighted by atomic mass is 9.87. The van der Waals surface area contributed by atoms with E-state index < -0.39 is 11.7 Å². The van der Waals surface area contributed by atoms with Gasteiger partial charge in [-0.3, -0.25) is 0 Å². The molecule has 0 aliphatic heterocycles. The molecule has 108 valence electrons. The Labute approximate surface area is 116 Å². The fraction of sp³-hybridized carbons (Fsp3) is 0.533. The quantitative estimate of drug-likeness (QED) is 0.862. The van der Waals surface area contributed by atoms with Crippen LogP contribution in [0.25, 0.3) is 0 Å². The summed E-state index contributed by atoms with van der Waals surface area (Å²) in [5, 5.41) is 11.7. The monoisotopic (exact) mass is 282 g/mol. The molecule has 0 saturated heterocycles. The number of halogens is 3. The molecule has 1 saturated carbocycles. The van der Waals surface area contributed by atoms with E-state index in [0.717, 1.165) is 31.7 Å². The van der Waals surface area contributed by atoms with Crippen LogP contribution in [0.5, 0.6) is 0 Å². The summed E-state index contributed by atoms with van der Waals surface area (Å²) in [5.74, 6) is 0.536. The third-order valence-electron chi connectivity index (χ3n) is 3.75. The van der Waals surface area contributed by atoms with Crippen LogP contribution in [-0.2, 0) is 6.18 Å². The van der Waals surface area contributed by atoms with Crippen molar-refractivity contribution in [2.75, 3.05) is 5.32 Å². The van der Waals surface area contributed by atoms with Crippen LogP contribution < -0.4 is 5.32 Å². The summed E-state index contributed by atoms with van der Waals surface area (Å²) in [6.45, 7) is 2.12. The van der Waals surface area contributed by atoms with Gasteiger partial charge < -0.3 is 5.32 Å². The molecule has 1 aliphatic rings.